The van der Waals surface area contributed by atoms with Crippen molar-refractivity contribution in [1.82, 2.24) is 0 Å². The summed E-state index contributed by atoms with van der Waals surface area (Å²) in [7, 11) is -2.38. The third-order valence-corrected chi connectivity index (χ3v) is 5.60. The van der Waals surface area contributed by atoms with Crippen molar-refractivity contribution in [2.75, 3.05) is 20.3 Å². The van der Waals surface area contributed by atoms with E-state index in [9.17, 15) is 12.8 Å². The van der Waals surface area contributed by atoms with E-state index in [-0.39, 0.29) is 19.0 Å². The van der Waals surface area contributed by atoms with Crippen molar-refractivity contribution in [1.29, 1.82) is 0 Å². The smallest absolute Gasteiger partial charge is 0.276 e. The molecule has 0 saturated heterocycles. The van der Waals surface area contributed by atoms with E-state index in [0.29, 0.717) is 16.5 Å². The molecule has 0 fully saturated rings. The Hall–Kier alpha value is -0.500. The summed E-state index contributed by atoms with van der Waals surface area (Å²) >= 11 is 3.17. The first-order valence-electron chi connectivity index (χ1n) is 5.99. The average Bonchev–Trinajstić information content (AvgIpc) is 2.39. The van der Waals surface area contributed by atoms with Crippen molar-refractivity contribution < 1.29 is 21.7 Å². The minimum Gasteiger partial charge on any atom is -0.382 e. The van der Waals surface area contributed by atoms with E-state index >= 15 is 0 Å². The molecule has 0 bridgehead atoms. The number of halogens is 2. The first-order chi connectivity index (χ1) is 9.26. The lowest BCUT2D eigenvalue weighted by atomic mass is 10.0. The Labute approximate surface area is 127 Å². The Balaban J connectivity index is 3.08. The normalized spacial score (nSPS) is 12.7. The number of hydrogen-bond donors (Lipinski definition) is 0. The summed E-state index contributed by atoms with van der Waals surface area (Å²) in [6.07, 6.45) is 0. The third kappa shape index (κ3) is 3.78. The number of rotatable bonds is 7. The van der Waals surface area contributed by atoms with E-state index in [2.05, 4.69) is 15.9 Å². The maximum atomic E-state index is 13.5. The van der Waals surface area contributed by atoms with E-state index in [1.54, 1.807) is 0 Å². The van der Waals surface area contributed by atoms with Gasteiger partial charge in [-0.2, -0.15) is 8.42 Å². The van der Waals surface area contributed by atoms with Gasteiger partial charge in [0.2, 0.25) is 0 Å². The Morgan fingerprint density at radius 1 is 1.30 bits per heavy atom. The van der Waals surface area contributed by atoms with Crippen LogP contribution in [0.25, 0.3) is 0 Å². The molecule has 0 atom stereocenters. The van der Waals surface area contributed by atoms with Gasteiger partial charge >= 0.3 is 0 Å². The van der Waals surface area contributed by atoms with Crippen LogP contribution in [-0.4, -0.2) is 28.7 Å². The zero-order valence-electron chi connectivity index (χ0n) is 11.7. The molecule has 0 aliphatic heterocycles. The van der Waals surface area contributed by atoms with Gasteiger partial charge in [0.25, 0.3) is 10.1 Å². The highest BCUT2D eigenvalue weighted by Crippen LogP contribution is 2.32. The molecular weight excluding hydrogens is 351 g/mol. The molecule has 1 aromatic carbocycles. The van der Waals surface area contributed by atoms with E-state index in [1.807, 2.05) is 0 Å². The van der Waals surface area contributed by atoms with Gasteiger partial charge in [-0.05, 0) is 31.0 Å². The fraction of sp³-hybridized carbons (Fsp3) is 0.538. The van der Waals surface area contributed by atoms with E-state index in [4.69, 9.17) is 8.92 Å². The monoisotopic (exact) mass is 368 g/mol. The number of alkyl halides is 1. The van der Waals surface area contributed by atoms with Crippen LogP contribution in [0, 0.1) is 5.82 Å². The van der Waals surface area contributed by atoms with Gasteiger partial charge in [0.1, 0.15) is 10.6 Å². The second kappa shape index (κ2) is 6.98. The Kier molecular flexibility index (Phi) is 6.12. The van der Waals surface area contributed by atoms with Crippen molar-refractivity contribution in [3.05, 3.63) is 35.1 Å². The fourth-order valence-corrected chi connectivity index (χ4v) is 3.00. The van der Waals surface area contributed by atoms with Crippen molar-refractivity contribution in [3.8, 4) is 0 Å². The molecule has 0 N–H and O–H groups in total. The summed E-state index contributed by atoms with van der Waals surface area (Å²) in [5.41, 5.74) is 0.883. The molecule has 20 heavy (non-hydrogen) atoms. The highest BCUT2D eigenvalue weighted by atomic mass is 79.9. The SMILES string of the molecule is COCCOS(=O)(=O)C(C)(C)c1ccc(F)c(CBr)c1. The topological polar surface area (TPSA) is 52.6 Å². The van der Waals surface area contributed by atoms with Crippen LogP contribution in [0.5, 0.6) is 0 Å². The quantitative estimate of drug-likeness (QED) is 0.421. The van der Waals surface area contributed by atoms with Crippen LogP contribution in [0.1, 0.15) is 25.0 Å². The summed E-state index contributed by atoms with van der Waals surface area (Å²) in [4.78, 5) is 0. The molecular formula is C13H18BrFO4S. The molecule has 0 heterocycles. The molecule has 1 aromatic rings. The van der Waals surface area contributed by atoms with Gasteiger partial charge in [-0.1, -0.05) is 28.1 Å². The second-order valence-corrected chi connectivity index (χ2v) is 7.44. The Bertz CT molecular complexity index is 557. The predicted molar refractivity (Wildman–Crippen MR) is 78.8 cm³/mol. The maximum Gasteiger partial charge on any atom is 0.276 e. The predicted octanol–water partition coefficient (Wildman–Crippen LogP) is 2.95. The van der Waals surface area contributed by atoms with Crippen LogP contribution in [0.3, 0.4) is 0 Å². The highest BCUT2D eigenvalue weighted by Gasteiger charge is 2.37. The lowest BCUT2D eigenvalue weighted by molar-refractivity contribution is 0.147. The number of hydrogen-bond acceptors (Lipinski definition) is 4. The lowest BCUT2D eigenvalue weighted by Gasteiger charge is -2.25. The summed E-state index contributed by atoms with van der Waals surface area (Å²) in [5, 5.41) is 0.313. The van der Waals surface area contributed by atoms with Gasteiger partial charge in [-0.3, -0.25) is 4.18 Å². The van der Waals surface area contributed by atoms with Crippen molar-refractivity contribution in [3.63, 3.8) is 0 Å². The zero-order valence-corrected chi connectivity index (χ0v) is 14.1. The molecule has 0 amide bonds. The van der Waals surface area contributed by atoms with E-state index in [1.165, 1.54) is 39.2 Å². The minimum absolute atomic E-state index is 0.0469. The van der Waals surface area contributed by atoms with Crippen LogP contribution in [0.15, 0.2) is 18.2 Å². The van der Waals surface area contributed by atoms with Crippen LogP contribution in [0.2, 0.25) is 0 Å². The molecule has 4 nitrogen and oxygen atoms in total. The van der Waals surface area contributed by atoms with Gasteiger partial charge in [0.05, 0.1) is 13.2 Å². The fourth-order valence-electron chi connectivity index (χ4n) is 1.57. The minimum atomic E-state index is -3.84. The van der Waals surface area contributed by atoms with Gasteiger partial charge in [0.15, 0.2) is 0 Å². The molecule has 0 saturated carbocycles. The zero-order chi connectivity index (χ0) is 15.4. The molecule has 0 aliphatic carbocycles. The number of benzene rings is 1. The molecule has 1 rings (SSSR count). The van der Waals surface area contributed by atoms with Crippen LogP contribution in [0.4, 0.5) is 4.39 Å². The van der Waals surface area contributed by atoms with Crippen molar-refractivity contribution in [2.45, 2.75) is 23.9 Å². The Morgan fingerprint density at radius 2 is 1.95 bits per heavy atom. The molecule has 7 heteroatoms. The maximum absolute atomic E-state index is 13.5. The molecule has 0 aromatic heterocycles. The summed E-state index contributed by atoms with van der Waals surface area (Å²) in [5.74, 6) is -0.376. The summed E-state index contributed by atoms with van der Waals surface area (Å²) in [6.45, 7) is 3.20. The van der Waals surface area contributed by atoms with E-state index in [0.717, 1.165) is 0 Å². The van der Waals surface area contributed by atoms with Crippen molar-refractivity contribution >= 4 is 26.0 Å². The van der Waals surface area contributed by atoms with Gasteiger partial charge in [-0.25, -0.2) is 4.39 Å². The molecule has 0 spiro atoms. The number of ether oxygens (including phenoxy) is 1. The van der Waals surface area contributed by atoms with Crippen molar-refractivity contribution in [2.24, 2.45) is 0 Å². The molecule has 0 unspecified atom stereocenters. The first-order valence-corrected chi connectivity index (χ1v) is 8.52. The second-order valence-electron chi connectivity index (χ2n) is 4.72. The third-order valence-electron chi connectivity index (χ3n) is 3.04. The summed E-state index contributed by atoms with van der Waals surface area (Å²) in [6, 6.07) is 4.25. The highest BCUT2D eigenvalue weighted by molar-refractivity contribution is 9.08. The Morgan fingerprint density at radius 3 is 2.50 bits per heavy atom. The van der Waals surface area contributed by atoms with E-state index < -0.39 is 14.9 Å². The van der Waals surface area contributed by atoms with Gasteiger partial charge in [-0.15, -0.1) is 0 Å². The van der Waals surface area contributed by atoms with Gasteiger partial charge < -0.3 is 4.74 Å². The van der Waals surface area contributed by atoms with Crippen LogP contribution < -0.4 is 0 Å². The summed E-state index contributed by atoms with van der Waals surface area (Å²) < 4.78 is 46.4. The molecule has 114 valence electrons. The van der Waals surface area contributed by atoms with Crippen LogP contribution >= 0.6 is 15.9 Å². The largest absolute Gasteiger partial charge is 0.382 e. The standard InChI is InChI=1S/C13H18BrFO4S/c1-13(2,20(16,17)19-7-6-18-3)11-4-5-12(15)10(8-11)9-14/h4-5,8H,6-7,9H2,1-3H3. The first kappa shape index (κ1) is 17.6. The number of methoxy groups -OCH3 is 1. The van der Waals surface area contributed by atoms with Gasteiger partial charge in [0, 0.05) is 12.4 Å². The lowest BCUT2D eigenvalue weighted by Crippen LogP contribution is -2.32. The molecule has 0 radical (unpaired) electrons. The average molecular weight is 369 g/mol. The van der Waals surface area contributed by atoms with Crippen LogP contribution in [-0.2, 0) is 29.1 Å². The molecule has 0 aliphatic rings.